The summed E-state index contributed by atoms with van der Waals surface area (Å²) >= 11 is 0. The van der Waals surface area contributed by atoms with Crippen LogP contribution < -0.4 is 0 Å². The molecule has 1 amide bonds. The Morgan fingerprint density at radius 2 is 2.26 bits per heavy atom. The molecule has 3 heterocycles. The molecule has 0 saturated carbocycles. The van der Waals surface area contributed by atoms with Gasteiger partial charge in [-0.1, -0.05) is 6.07 Å². The Kier molecular flexibility index (Phi) is 4.71. The summed E-state index contributed by atoms with van der Waals surface area (Å²) in [5.41, 5.74) is 3.21. The van der Waals surface area contributed by atoms with Gasteiger partial charge < -0.3 is 9.64 Å². The maximum absolute atomic E-state index is 11.9. The van der Waals surface area contributed by atoms with Gasteiger partial charge in [0.1, 0.15) is 6.61 Å². The molecule has 3 rings (SSSR count). The van der Waals surface area contributed by atoms with Gasteiger partial charge in [0.2, 0.25) is 5.91 Å². The second kappa shape index (κ2) is 6.91. The predicted octanol–water partition coefficient (Wildman–Crippen LogP) is 1.52. The monoisotopic (exact) mass is 314 g/mol. The molecule has 0 aliphatic carbocycles. The third kappa shape index (κ3) is 3.42. The van der Waals surface area contributed by atoms with Gasteiger partial charge in [-0.2, -0.15) is 5.10 Å². The summed E-state index contributed by atoms with van der Waals surface area (Å²) in [6, 6.07) is 6.07. The van der Waals surface area contributed by atoms with Crippen LogP contribution in [0.1, 0.15) is 12.0 Å². The molecule has 1 aliphatic heterocycles. The molecule has 6 nitrogen and oxygen atoms in total. The fourth-order valence-electron chi connectivity index (χ4n) is 3.19. The van der Waals surface area contributed by atoms with Crippen LogP contribution in [-0.2, 0) is 23.0 Å². The van der Waals surface area contributed by atoms with Gasteiger partial charge in [0.05, 0.1) is 11.4 Å². The van der Waals surface area contributed by atoms with Crippen molar-refractivity contribution in [3.63, 3.8) is 0 Å². The molecule has 2 aromatic heterocycles. The highest BCUT2D eigenvalue weighted by Crippen LogP contribution is 2.26. The number of amides is 1. The third-order valence-corrected chi connectivity index (χ3v) is 4.37. The molecular weight excluding hydrogens is 292 g/mol. The molecule has 0 aromatic carbocycles. The fraction of sp³-hybridized carbons (Fsp3) is 0.471. The fourth-order valence-corrected chi connectivity index (χ4v) is 3.19. The highest BCUT2D eigenvalue weighted by atomic mass is 16.5. The van der Waals surface area contributed by atoms with Crippen LogP contribution in [0, 0.1) is 5.92 Å². The van der Waals surface area contributed by atoms with E-state index in [4.69, 9.17) is 4.74 Å². The molecule has 0 unspecified atom stereocenters. The first-order valence-electron chi connectivity index (χ1n) is 7.88. The van der Waals surface area contributed by atoms with Gasteiger partial charge in [0.25, 0.3) is 0 Å². The van der Waals surface area contributed by atoms with Crippen molar-refractivity contribution in [1.29, 1.82) is 0 Å². The quantitative estimate of drug-likeness (QED) is 0.839. The summed E-state index contributed by atoms with van der Waals surface area (Å²) in [4.78, 5) is 18.4. The van der Waals surface area contributed by atoms with E-state index >= 15 is 0 Å². The summed E-state index contributed by atoms with van der Waals surface area (Å²) < 4.78 is 6.78. The largest absolute Gasteiger partial charge is 0.375 e. The second-order valence-corrected chi connectivity index (χ2v) is 5.98. The van der Waals surface area contributed by atoms with E-state index in [1.807, 2.05) is 35.0 Å². The van der Waals surface area contributed by atoms with E-state index in [1.54, 1.807) is 13.3 Å². The molecule has 0 bridgehead atoms. The molecule has 23 heavy (non-hydrogen) atoms. The van der Waals surface area contributed by atoms with Crippen LogP contribution in [0.5, 0.6) is 0 Å². The van der Waals surface area contributed by atoms with E-state index in [2.05, 4.69) is 16.1 Å². The van der Waals surface area contributed by atoms with Crippen molar-refractivity contribution in [3.8, 4) is 11.4 Å². The average molecular weight is 314 g/mol. The van der Waals surface area contributed by atoms with Gasteiger partial charge in [0.15, 0.2) is 0 Å². The summed E-state index contributed by atoms with van der Waals surface area (Å²) in [7, 11) is 3.48. The normalized spacial score (nSPS) is 17.7. The number of methoxy groups -OCH3 is 1. The van der Waals surface area contributed by atoms with Gasteiger partial charge in [0, 0.05) is 39.6 Å². The summed E-state index contributed by atoms with van der Waals surface area (Å²) in [6.45, 7) is 1.77. The Morgan fingerprint density at radius 3 is 3.00 bits per heavy atom. The van der Waals surface area contributed by atoms with E-state index in [0.717, 1.165) is 37.3 Å². The number of rotatable bonds is 5. The van der Waals surface area contributed by atoms with E-state index < -0.39 is 0 Å². The van der Waals surface area contributed by atoms with Crippen LogP contribution in [0.25, 0.3) is 11.4 Å². The van der Waals surface area contributed by atoms with Crippen LogP contribution in [0.2, 0.25) is 0 Å². The number of carbonyl (C=O) groups excluding carboxylic acids is 1. The summed E-state index contributed by atoms with van der Waals surface area (Å²) in [5.74, 6) is 0.542. The molecule has 1 atom stereocenters. The first-order chi connectivity index (χ1) is 11.2. The number of aromatic nitrogens is 3. The van der Waals surface area contributed by atoms with Gasteiger partial charge in [-0.05, 0) is 36.5 Å². The van der Waals surface area contributed by atoms with Crippen molar-refractivity contribution in [2.45, 2.75) is 12.8 Å². The Bertz CT molecular complexity index is 683. The standard InChI is InChI=1S/C17H22N4O2/c1-20-15(5-8-19-20)17-14(4-3-7-18-17)10-13-6-9-21(11-13)16(22)12-23-2/h3-5,7-8,13H,6,9-12H2,1-2H3/t13-/m0/s1. The van der Waals surface area contributed by atoms with Crippen molar-refractivity contribution in [2.75, 3.05) is 26.8 Å². The number of pyridine rings is 1. The number of hydrogen-bond donors (Lipinski definition) is 0. The van der Waals surface area contributed by atoms with E-state index in [0.29, 0.717) is 5.92 Å². The Morgan fingerprint density at radius 1 is 1.39 bits per heavy atom. The highest BCUT2D eigenvalue weighted by molar-refractivity contribution is 5.77. The minimum atomic E-state index is 0.0769. The minimum Gasteiger partial charge on any atom is -0.375 e. The lowest BCUT2D eigenvalue weighted by atomic mass is 9.96. The zero-order valence-corrected chi connectivity index (χ0v) is 13.6. The van der Waals surface area contributed by atoms with E-state index in [-0.39, 0.29) is 12.5 Å². The highest BCUT2D eigenvalue weighted by Gasteiger charge is 2.27. The Hall–Kier alpha value is -2.21. The molecule has 0 spiro atoms. The van der Waals surface area contributed by atoms with Crippen LogP contribution in [0.3, 0.4) is 0 Å². The maximum atomic E-state index is 11.9. The molecule has 2 aromatic rings. The summed E-state index contributed by atoms with van der Waals surface area (Å²) in [6.07, 6.45) is 5.55. The number of carbonyl (C=O) groups is 1. The average Bonchev–Trinajstić information content (AvgIpc) is 3.17. The first-order valence-corrected chi connectivity index (χ1v) is 7.88. The lowest BCUT2D eigenvalue weighted by Crippen LogP contribution is -2.31. The van der Waals surface area contributed by atoms with Crippen molar-refractivity contribution < 1.29 is 9.53 Å². The first kappa shape index (κ1) is 15.7. The summed E-state index contributed by atoms with van der Waals surface area (Å²) in [5, 5.41) is 4.23. The molecule has 1 aliphatic rings. The van der Waals surface area contributed by atoms with Crippen molar-refractivity contribution in [1.82, 2.24) is 19.7 Å². The Labute approximate surface area is 136 Å². The van der Waals surface area contributed by atoms with Gasteiger partial charge in [-0.15, -0.1) is 0 Å². The van der Waals surface area contributed by atoms with Gasteiger partial charge in [-0.25, -0.2) is 0 Å². The van der Waals surface area contributed by atoms with E-state index in [9.17, 15) is 4.79 Å². The lowest BCUT2D eigenvalue weighted by Gasteiger charge is -2.16. The lowest BCUT2D eigenvalue weighted by molar-refractivity contribution is -0.134. The minimum absolute atomic E-state index is 0.0769. The van der Waals surface area contributed by atoms with Gasteiger partial charge >= 0.3 is 0 Å². The molecule has 6 heteroatoms. The van der Waals surface area contributed by atoms with E-state index in [1.165, 1.54) is 5.56 Å². The van der Waals surface area contributed by atoms with Gasteiger partial charge in [-0.3, -0.25) is 14.5 Å². The SMILES string of the molecule is COCC(=O)N1CC[C@@H](Cc2cccnc2-c2ccnn2C)C1. The zero-order valence-electron chi connectivity index (χ0n) is 13.6. The van der Waals surface area contributed by atoms with Crippen LogP contribution in [0.15, 0.2) is 30.6 Å². The van der Waals surface area contributed by atoms with Crippen LogP contribution >= 0.6 is 0 Å². The number of aryl methyl sites for hydroxylation is 1. The van der Waals surface area contributed by atoms with Crippen LogP contribution in [-0.4, -0.2) is 52.4 Å². The van der Waals surface area contributed by atoms with Crippen molar-refractivity contribution >= 4 is 5.91 Å². The molecule has 1 fully saturated rings. The molecule has 122 valence electrons. The molecule has 0 radical (unpaired) electrons. The Balaban J connectivity index is 1.72. The second-order valence-electron chi connectivity index (χ2n) is 5.98. The molecular formula is C17H22N4O2. The zero-order chi connectivity index (χ0) is 16.2. The number of ether oxygens (including phenoxy) is 1. The number of nitrogens with zero attached hydrogens (tertiary/aromatic N) is 4. The molecule has 1 saturated heterocycles. The molecule has 0 N–H and O–H groups in total. The van der Waals surface area contributed by atoms with Crippen molar-refractivity contribution in [2.24, 2.45) is 13.0 Å². The number of likely N-dealkylation sites (tertiary alicyclic amines) is 1. The number of hydrogen-bond acceptors (Lipinski definition) is 4. The third-order valence-electron chi connectivity index (χ3n) is 4.37. The topological polar surface area (TPSA) is 60.2 Å². The smallest absolute Gasteiger partial charge is 0.248 e. The maximum Gasteiger partial charge on any atom is 0.248 e. The predicted molar refractivity (Wildman–Crippen MR) is 86.7 cm³/mol. The van der Waals surface area contributed by atoms with Crippen molar-refractivity contribution in [3.05, 3.63) is 36.2 Å². The van der Waals surface area contributed by atoms with Crippen LogP contribution in [0.4, 0.5) is 0 Å².